The SMILES string of the molecule is O=C(Nc1ncnc2[nH]ccc12)c1ccn2nccc2c1. The van der Waals surface area contributed by atoms with Gasteiger partial charge in [-0.3, -0.25) is 4.79 Å². The molecule has 2 N–H and O–H groups in total. The highest BCUT2D eigenvalue weighted by Crippen LogP contribution is 2.18. The highest BCUT2D eigenvalue weighted by molar-refractivity contribution is 6.07. The van der Waals surface area contributed by atoms with Crippen molar-refractivity contribution in [3.63, 3.8) is 0 Å². The first-order valence-corrected chi connectivity index (χ1v) is 6.34. The van der Waals surface area contributed by atoms with E-state index in [0.717, 1.165) is 10.9 Å². The molecular formula is C14H10N6O. The lowest BCUT2D eigenvalue weighted by Crippen LogP contribution is -2.13. The monoisotopic (exact) mass is 278 g/mol. The molecule has 0 unspecified atom stereocenters. The molecule has 7 heteroatoms. The first-order chi connectivity index (χ1) is 10.3. The molecule has 0 aliphatic rings. The summed E-state index contributed by atoms with van der Waals surface area (Å²) in [5.74, 6) is 0.263. The Morgan fingerprint density at radius 2 is 2.19 bits per heavy atom. The van der Waals surface area contributed by atoms with Gasteiger partial charge in [-0.25, -0.2) is 14.5 Å². The Bertz CT molecular complexity index is 954. The zero-order valence-electron chi connectivity index (χ0n) is 10.8. The molecule has 0 fully saturated rings. The number of anilines is 1. The van der Waals surface area contributed by atoms with Crippen LogP contribution in [0.25, 0.3) is 16.6 Å². The number of amides is 1. The van der Waals surface area contributed by atoms with Gasteiger partial charge >= 0.3 is 0 Å². The summed E-state index contributed by atoms with van der Waals surface area (Å²) in [6.07, 6.45) is 6.60. The first-order valence-electron chi connectivity index (χ1n) is 6.34. The Kier molecular flexibility index (Phi) is 2.43. The van der Waals surface area contributed by atoms with E-state index in [1.54, 1.807) is 35.2 Å². The van der Waals surface area contributed by atoms with E-state index < -0.39 is 0 Å². The van der Waals surface area contributed by atoms with Crippen molar-refractivity contribution in [1.82, 2.24) is 24.6 Å². The zero-order chi connectivity index (χ0) is 14.2. The van der Waals surface area contributed by atoms with Gasteiger partial charge in [0.05, 0.1) is 10.9 Å². The van der Waals surface area contributed by atoms with Gasteiger partial charge in [-0.1, -0.05) is 0 Å². The lowest BCUT2D eigenvalue weighted by molar-refractivity contribution is 0.102. The minimum absolute atomic E-state index is 0.222. The summed E-state index contributed by atoms with van der Waals surface area (Å²) in [4.78, 5) is 23.5. The van der Waals surface area contributed by atoms with E-state index in [9.17, 15) is 4.79 Å². The number of hydrogen-bond acceptors (Lipinski definition) is 4. The molecule has 0 aliphatic carbocycles. The van der Waals surface area contributed by atoms with Crippen LogP contribution >= 0.6 is 0 Å². The van der Waals surface area contributed by atoms with Gasteiger partial charge in [0.15, 0.2) is 0 Å². The van der Waals surface area contributed by atoms with Gasteiger partial charge in [0, 0.05) is 24.2 Å². The van der Waals surface area contributed by atoms with Crippen molar-refractivity contribution in [3.05, 3.63) is 54.7 Å². The van der Waals surface area contributed by atoms with Crippen LogP contribution in [0.3, 0.4) is 0 Å². The summed E-state index contributed by atoms with van der Waals surface area (Å²) in [5, 5.41) is 7.68. The molecule has 0 saturated carbocycles. The van der Waals surface area contributed by atoms with E-state index in [2.05, 4.69) is 25.4 Å². The number of rotatable bonds is 2. The van der Waals surface area contributed by atoms with E-state index in [-0.39, 0.29) is 5.91 Å². The standard InChI is InChI=1S/C14H10N6O/c21-14(9-3-6-20-10(7-9)1-5-18-20)19-13-11-2-4-15-12(11)16-8-17-13/h1-8H,(H2,15,16,17,19,21). The van der Waals surface area contributed by atoms with Gasteiger partial charge in [-0.05, 0) is 24.3 Å². The molecule has 4 heterocycles. The van der Waals surface area contributed by atoms with Crippen LogP contribution in [0.15, 0.2) is 49.2 Å². The van der Waals surface area contributed by atoms with E-state index in [1.807, 2.05) is 12.1 Å². The van der Waals surface area contributed by atoms with E-state index in [1.165, 1.54) is 6.33 Å². The van der Waals surface area contributed by atoms with Crippen molar-refractivity contribution >= 4 is 28.3 Å². The van der Waals surface area contributed by atoms with Crippen LogP contribution in [0.4, 0.5) is 5.82 Å². The van der Waals surface area contributed by atoms with E-state index in [4.69, 9.17) is 0 Å². The number of nitrogens with zero attached hydrogens (tertiary/aromatic N) is 4. The van der Waals surface area contributed by atoms with Crippen molar-refractivity contribution in [2.24, 2.45) is 0 Å². The van der Waals surface area contributed by atoms with Crippen molar-refractivity contribution in [1.29, 1.82) is 0 Å². The molecular weight excluding hydrogens is 268 g/mol. The lowest BCUT2D eigenvalue weighted by Gasteiger charge is -2.05. The van der Waals surface area contributed by atoms with Crippen LogP contribution in [0.2, 0.25) is 0 Å². The maximum atomic E-state index is 12.3. The number of pyridine rings is 1. The molecule has 0 aromatic carbocycles. The fourth-order valence-electron chi connectivity index (χ4n) is 2.21. The van der Waals surface area contributed by atoms with Crippen molar-refractivity contribution in [2.45, 2.75) is 0 Å². The largest absolute Gasteiger partial charge is 0.346 e. The van der Waals surface area contributed by atoms with Gasteiger partial charge in [-0.15, -0.1) is 0 Å². The van der Waals surface area contributed by atoms with E-state index in [0.29, 0.717) is 17.0 Å². The molecule has 0 bridgehead atoms. The second-order valence-corrected chi connectivity index (χ2v) is 4.53. The van der Waals surface area contributed by atoms with Crippen molar-refractivity contribution in [3.8, 4) is 0 Å². The molecule has 0 atom stereocenters. The molecule has 4 aromatic rings. The smallest absolute Gasteiger partial charge is 0.256 e. The third kappa shape index (κ3) is 1.91. The molecule has 0 saturated heterocycles. The summed E-state index contributed by atoms with van der Waals surface area (Å²) in [5.41, 5.74) is 2.09. The first kappa shape index (κ1) is 11.6. The second kappa shape index (κ2) is 4.41. The molecule has 0 spiro atoms. The average Bonchev–Trinajstić information content (AvgIpc) is 3.15. The van der Waals surface area contributed by atoms with Crippen LogP contribution in [0.1, 0.15) is 10.4 Å². The number of hydrogen-bond donors (Lipinski definition) is 2. The maximum Gasteiger partial charge on any atom is 0.256 e. The lowest BCUT2D eigenvalue weighted by atomic mass is 10.2. The summed E-state index contributed by atoms with van der Waals surface area (Å²) in [6, 6.07) is 7.15. The van der Waals surface area contributed by atoms with Crippen LogP contribution in [-0.4, -0.2) is 30.5 Å². The number of nitrogens with one attached hydrogen (secondary N) is 2. The predicted molar refractivity (Wildman–Crippen MR) is 77.0 cm³/mol. The Morgan fingerprint density at radius 3 is 3.14 bits per heavy atom. The van der Waals surface area contributed by atoms with Gasteiger partial charge in [0.2, 0.25) is 0 Å². The highest BCUT2D eigenvalue weighted by atomic mass is 16.1. The summed E-state index contributed by atoms with van der Waals surface area (Å²) in [7, 11) is 0. The number of aromatic nitrogens is 5. The minimum Gasteiger partial charge on any atom is -0.346 e. The Morgan fingerprint density at radius 1 is 1.24 bits per heavy atom. The Labute approximate surface area is 118 Å². The Hall–Kier alpha value is -3.22. The zero-order valence-corrected chi connectivity index (χ0v) is 10.8. The van der Waals surface area contributed by atoms with Crippen LogP contribution in [-0.2, 0) is 0 Å². The Balaban J connectivity index is 1.70. The molecule has 7 nitrogen and oxygen atoms in total. The average molecular weight is 278 g/mol. The summed E-state index contributed by atoms with van der Waals surface area (Å²) in [6.45, 7) is 0. The normalized spacial score (nSPS) is 11.0. The van der Waals surface area contributed by atoms with Gasteiger partial charge in [-0.2, -0.15) is 5.10 Å². The summed E-state index contributed by atoms with van der Waals surface area (Å²) >= 11 is 0. The molecule has 0 aliphatic heterocycles. The molecule has 4 rings (SSSR count). The summed E-state index contributed by atoms with van der Waals surface area (Å²) < 4.78 is 1.70. The number of carbonyl (C=O) groups is 1. The molecule has 102 valence electrons. The number of carbonyl (C=O) groups excluding carboxylic acids is 1. The molecule has 1 amide bonds. The van der Waals surface area contributed by atoms with Crippen LogP contribution < -0.4 is 5.32 Å². The number of aromatic amines is 1. The molecule has 21 heavy (non-hydrogen) atoms. The number of H-pyrrole nitrogens is 1. The van der Waals surface area contributed by atoms with E-state index >= 15 is 0 Å². The third-order valence-corrected chi connectivity index (χ3v) is 3.25. The third-order valence-electron chi connectivity index (χ3n) is 3.25. The van der Waals surface area contributed by atoms with Crippen molar-refractivity contribution in [2.75, 3.05) is 5.32 Å². The van der Waals surface area contributed by atoms with Gasteiger partial charge in [0.1, 0.15) is 17.8 Å². The van der Waals surface area contributed by atoms with Crippen LogP contribution in [0.5, 0.6) is 0 Å². The topological polar surface area (TPSA) is 88.0 Å². The molecule has 4 aromatic heterocycles. The van der Waals surface area contributed by atoms with Crippen LogP contribution in [0, 0.1) is 0 Å². The minimum atomic E-state index is -0.222. The quantitative estimate of drug-likeness (QED) is 0.585. The second-order valence-electron chi connectivity index (χ2n) is 4.53. The van der Waals surface area contributed by atoms with Gasteiger partial charge in [0.25, 0.3) is 5.91 Å². The predicted octanol–water partition coefficient (Wildman–Crippen LogP) is 1.86. The molecule has 0 radical (unpaired) electrons. The fourth-order valence-corrected chi connectivity index (χ4v) is 2.21. The fraction of sp³-hybridized carbons (Fsp3) is 0. The number of fused-ring (bicyclic) bond motifs is 2. The highest BCUT2D eigenvalue weighted by Gasteiger charge is 2.11. The maximum absolute atomic E-state index is 12.3. The van der Waals surface area contributed by atoms with Gasteiger partial charge < -0.3 is 10.3 Å². The van der Waals surface area contributed by atoms with Crippen molar-refractivity contribution < 1.29 is 4.79 Å².